The molecule has 0 spiro atoms. The fourth-order valence-electron chi connectivity index (χ4n) is 5.64. The third kappa shape index (κ3) is 7.91. The van der Waals surface area contributed by atoms with Crippen LogP contribution in [0.15, 0.2) is 71.8 Å². The molecular weight excluding hydrogens is 514 g/mol. The highest BCUT2D eigenvalue weighted by Gasteiger charge is 2.29. The molecule has 0 saturated carbocycles. The molecule has 8 heteroatoms. The van der Waals surface area contributed by atoms with E-state index >= 15 is 0 Å². The average molecular weight is 560 g/mol. The fourth-order valence-corrected chi connectivity index (χ4v) is 5.64. The maximum atomic E-state index is 13.6. The zero-order valence-electron chi connectivity index (χ0n) is 25.3. The summed E-state index contributed by atoms with van der Waals surface area (Å²) in [5, 5.41) is 6.72. The number of pyridine rings is 1. The lowest BCUT2D eigenvalue weighted by Gasteiger charge is -2.43. The minimum atomic E-state index is -0.559. The highest BCUT2D eigenvalue weighted by molar-refractivity contribution is 5.85. The van der Waals surface area contributed by atoms with Crippen molar-refractivity contribution in [3.05, 3.63) is 82.8 Å². The average Bonchev–Trinajstić information content (AvgIpc) is 2.93. The Kier molecular flexibility index (Phi) is 9.76. The summed E-state index contributed by atoms with van der Waals surface area (Å²) in [5.41, 5.74) is 3.08. The van der Waals surface area contributed by atoms with Crippen LogP contribution in [0.2, 0.25) is 0 Å². The Bertz CT molecular complexity index is 1420. The number of hydrogen-bond donors (Lipinski definition) is 2. The van der Waals surface area contributed by atoms with Gasteiger partial charge in [-0.25, -0.2) is 4.79 Å². The molecule has 2 aromatic carbocycles. The van der Waals surface area contributed by atoms with Crippen LogP contribution in [0, 0.1) is 0 Å². The number of amides is 1. The third-order valence-electron chi connectivity index (χ3n) is 7.57. The second kappa shape index (κ2) is 13.3. The molecule has 1 unspecified atom stereocenters. The first-order chi connectivity index (χ1) is 19.6. The molecule has 220 valence electrons. The van der Waals surface area contributed by atoms with Gasteiger partial charge in [0, 0.05) is 74.3 Å². The highest BCUT2D eigenvalue weighted by Crippen LogP contribution is 2.28. The van der Waals surface area contributed by atoms with Crippen LogP contribution in [-0.4, -0.2) is 53.4 Å². The number of fused-ring (bicyclic) bond motifs is 1. The molecule has 1 aliphatic rings. The molecule has 2 atom stereocenters. The number of nitrogens with zero attached hydrogens (tertiary/aromatic N) is 3. The second-order valence-electron chi connectivity index (χ2n) is 12.0. The van der Waals surface area contributed by atoms with Crippen molar-refractivity contribution in [2.45, 2.75) is 71.2 Å². The maximum absolute atomic E-state index is 13.6. The molecule has 0 radical (unpaired) electrons. The summed E-state index contributed by atoms with van der Waals surface area (Å²) in [5.74, 6) is 0. The van der Waals surface area contributed by atoms with Gasteiger partial charge in [0.15, 0.2) is 5.43 Å². The fraction of sp³-hybridized carbons (Fsp3) is 0.455. The van der Waals surface area contributed by atoms with Crippen molar-refractivity contribution in [2.24, 2.45) is 7.05 Å². The molecule has 1 amide bonds. The van der Waals surface area contributed by atoms with Gasteiger partial charge >= 0.3 is 6.09 Å². The van der Waals surface area contributed by atoms with Crippen LogP contribution in [-0.2, 0) is 18.3 Å². The van der Waals surface area contributed by atoms with Gasteiger partial charge in [0.2, 0.25) is 0 Å². The number of carbonyl (C=O) groups is 1. The first-order valence-corrected chi connectivity index (χ1v) is 14.6. The van der Waals surface area contributed by atoms with Crippen molar-refractivity contribution < 1.29 is 9.53 Å². The summed E-state index contributed by atoms with van der Waals surface area (Å²) in [6.45, 7) is 10.2. The van der Waals surface area contributed by atoms with Gasteiger partial charge in [-0.2, -0.15) is 0 Å². The number of aromatic nitrogens is 1. The second-order valence-corrected chi connectivity index (χ2v) is 12.0. The lowest BCUT2D eigenvalue weighted by atomic mass is 9.99. The van der Waals surface area contributed by atoms with Gasteiger partial charge in [-0.3, -0.25) is 15.0 Å². The molecule has 0 bridgehead atoms. The van der Waals surface area contributed by atoms with Crippen molar-refractivity contribution in [1.29, 1.82) is 0 Å². The summed E-state index contributed by atoms with van der Waals surface area (Å²) in [6, 6.07) is 16.3. The molecular formula is C33H45N5O3. The number of anilines is 2. The van der Waals surface area contributed by atoms with Crippen molar-refractivity contribution in [1.82, 2.24) is 14.8 Å². The van der Waals surface area contributed by atoms with E-state index in [9.17, 15) is 9.59 Å². The van der Waals surface area contributed by atoms with E-state index in [-0.39, 0.29) is 17.5 Å². The van der Waals surface area contributed by atoms with Gasteiger partial charge < -0.3 is 19.5 Å². The highest BCUT2D eigenvalue weighted by atomic mass is 16.6. The van der Waals surface area contributed by atoms with Crippen LogP contribution in [0.25, 0.3) is 10.9 Å². The van der Waals surface area contributed by atoms with Crippen molar-refractivity contribution >= 4 is 28.4 Å². The van der Waals surface area contributed by atoms with Gasteiger partial charge in [-0.15, -0.1) is 0 Å². The predicted octanol–water partition coefficient (Wildman–Crippen LogP) is 5.87. The molecule has 2 heterocycles. The number of ether oxygens (including phenoxy) is 1. The lowest BCUT2D eigenvalue weighted by Crippen LogP contribution is -2.51. The van der Waals surface area contributed by atoms with E-state index in [1.54, 1.807) is 0 Å². The number of hydrogen-bond acceptors (Lipinski definition) is 6. The number of piperidine rings is 1. The van der Waals surface area contributed by atoms with Crippen molar-refractivity contribution in [3.63, 3.8) is 0 Å². The van der Waals surface area contributed by atoms with Crippen LogP contribution in [0.3, 0.4) is 0 Å². The number of carbonyl (C=O) groups excluding carboxylic acids is 1. The monoisotopic (exact) mass is 559 g/mol. The Balaban J connectivity index is 1.58. The summed E-state index contributed by atoms with van der Waals surface area (Å²) in [6.07, 6.45) is 8.64. The first kappa shape index (κ1) is 30.2. The van der Waals surface area contributed by atoms with E-state index in [1.807, 2.05) is 89.7 Å². The first-order valence-electron chi connectivity index (χ1n) is 14.6. The smallest absolute Gasteiger partial charge is 0.412 e. The Labute approximate surface area is 244 Å². The van der Waals surface area contributed by atoms with Gasteiger partial charge in [0.05, 0.1) is 5.52 Å². The van der Waals surface area contributed by atoms with Gasteiger partial charge in [0.25, 0.3) is 0 Å². The summed E-state index contributed by atoms with van der Waals surface area (Å²) in [7, 11) is 3.91. The zero-order valence-corrected chi connectivity index (χ0v) is 25.3. The maximum Gasteiger partial charge on any atom is 0.412 e. The molecule has 1 aliphatic heterocycles. The molecule has 0 aliphatic carbocycles. The van der Waals surface area contributed by atoms with Crippen molar-refractivity contribution in [2.75, 3.05) is 30.4 Å². The standard InChI is InChI=1S/C33H45N5O3/c1-24(12-10-18-34-5)38(22-25-21-36(6)30-17-8-7-16-29(30)31(25)39)28-15-11-19-37(23-28)27-14-9-13-26(20-27)35-32(40)41-33(2,3)4/h7-10,13-14,16-18,20-21,24,28,34H,11-12,15,19,22-23H2,1-6H3,(H,35,40)/b18-10-/t24?,28-/m0/s1. The molecule has 1 saturated heterocycles. The van der Waals surface area contributed by atoms with E-state index < -0.39 is 11.7 Å². The largest absolute Gasteiger partial charge is 0.444 e. The molecule has 3 aromatic rings. The SMILES string of the molecule is CN/C=C\CC(C)N(Cc1cn(C)c2ccccc2c1=O)[C@H]1CCCN(c2cccc(NC(=O)OC(C)(C)C)c2)C1. The minimum Gasteiger partial charge on any atom is -0.444 e. The normalized spacial score (nSPS) is 16.8. The van der Waals surface area contributed by atoms with E-state index in [0.717, 1.165) is 54.5 Å². The Morgan fingerprint density at radius 3 is 2.73 bits per heavy atom. The third-order valence-corrected chi connectivity index (χ3v) is 7.57. The van der Waals surface area contributed by atoms with Crippen LogP contribution < -0.4 is 21.0 Å². The topological polar surface area (TPSA) is 78.8 Å². The molecule has 4 rings (SSSR count). The molecule has 8 nitrogen and oxygen atoms in total. The minimum absolute atomic E-state index is 0.107. The molecule has 2 N–H and O–H groups in total. The van der Waals surface area contributed by atoms with E-state index in [4.69, 9.17) is 4.74 Å². The number of benzene rings is 2. The molecule has 1 aromatic heterocycles. The summed E-state index contributed by atoms with van der Waals surface area (Å²) in [4.78, 5) is 30.8. The molecule has 41 heavy (non-hydrogen) atoms. The number of rotatable bonds is 9. The van der Waals surface area contributed by atoms with E-state index in [0.29, 0.717) is 12.2 Å². The van der Waals surface area contributed by atoms with E-state index in [2.05, 4.69) is 44.1 Å². The molecule has 1 fully saturated rings. The van der Waals surface area contributed by atoms with Crippen LogP contribution in [0.4, 0.5) is 16.2 Å². The summed E-state index contributed by atoms with van der Waals surface area (Å²) < 4.78 is 7.50. The Morgan fingerprint density at radius 1 is 1.20 bits per heavy atom. The number of nitrogens with one attached hydrogen (secondary N) is 2. The summed E-state index contributed by atoms with van der Waals surface area (Å²) >= 11 is 0. The van der Waals surface area contributed by atoms with Crippen LogP contribution in [0.1, 0.15) is 52.5 Å². The lowest BCUT2D eigenvalue weighted by molar-refractivity contribution is 0.0636. The van der Waals surface area contributed by atoms with Crippen molar-refractivity contribution in [3.8, 4) is 0 Å². The predicted molar refractivity (Wildman–Crippen MR) is 169 cm³/mol. The number of para-hydroxylation sites is 1. The van der Waals surface area contributed by atoms with Gasteiger partial charge in [0.1, 0.15) is 5.60 Å². The quantitative estimate of drug-likeness (QED) is 0.342. The van der Waals surface area contributed by atoms with Crippen LogP contribution in [0.5, 0.6) is 0 Å². The zero-order chi connectivity index (χ0) is 29.6. The Morgan fingerprint density at radius 2 is 1.98 bits per heavy atom. The van der Waals surface area contributed by atoms with Gasteiger partial charge in [-0.05, 0) is 83.5 Å². The van der Waals surface area contributed by atoms with Crippen LogP contribution >= 0.6 is 0 Å². The van der Waals surface area contributed by atoms with Gasteiger partial charge in [-0.1, -0.05) is 24.3 Å². The number of aryl methyl sites for hydroxylation is 1. The van der Waals surface area contributed by atoms with E-state index in [1.165, 1.54) is 0 Å². The Hall–Kier alpha value is -3.78.